The van der Waals surface area contributed by atoms with E-state index in [1.165, 1.54) is 30.0 Å². The lowest BCUT2D eigenvalue weighted by atomic mass is 10.0. The molecule has 6 nitrogen and oxygen atoms in total. The molecule has 0 radical (unpaired) electrons. The normalized spacial score (nSPS) is 11.9. The summed E-state index contributed by atoms with van der Waals surface area (Å²) >= 11 is 0. The second kappa shape index (κ2) is 9.47. The number of pyridine rings is 1. The molecule has 2 aromatic carbocycles. The van der Waals surface area contributed by atoms with E-state index in [0.29, 0.717) is 12.0 Å². The maximum Gasteiger partial charge on any atom is 0.339 e. The van der Waals surface area contributed by atoms with Gasteiger partial charge >= 0.3 is 5.97 Å². The molecule has 0 bridgehead atoms. The van der Waals surface area contributed by atoms with Gasteiger partial charge in [-0.15, -0.1) is 0 Å². The van der Waals surface area contributed by atoms with Crippen LogP contribution in [0.4, 0.5) is 4.39 Å². The Morgan fingerprint density at radius 1 is 1.09 bits per heavy atom. The van der Waals surface area contributed by atoms with Crippen LogP contribution in [-0.4, -0.2) is 27.2 Å². The highest BCUT2D eigenvalue weighted by molar-refractivity contribution is 5.89. The maximum absolute atomic E-state index is 13.4. The Morgan fingerprint density at radius 3 is 2.44 bits per heavy atom. The first-order valence-electron chi connectivity index (χ1n) is 11.0. The van der Waals surface area contributed by atoms with Crippen molar-refractivity contribution >= 4 is 5.97 Å². The number of hydrogen-bond acceptors (Lipinski definition) is 4. The number of rotatable bonds is 6. The molecule has 0 N–H and O–H groups in total. The van der Waals surface area contributed by atoms with Gasteiger partial charge in [-0.1, -0.05) is 24.3 Å². The first-order chi connectivity index (χ1) is 16.3. The average molecular weight is 460 g/mol. The molecule has 2 heterocycles. The predicted octanol–water partition coefficient (Wildman–Crippen LogP) is 4.78. The number of carbonyl (C=O) groups is 1. The average Bonchev–Trinajstić information content (AvgIpc) is 3.25. The number of hydrogen-bond donors (Lipinski definition) is 0. The summed E-state index contributed by atoms with van der Waals surface area (Å²) in [5, 5.41) is 0. The molecular formula is C27H26FN3O3. The molecule has 0 aliphatic heterocycles. The van der Waals surface area contributed by atoms with Crippen molar-refractivity contribution in [1.29, 1.82) is 0 Å². The SMILES string of the molecule is COC(=O)c1cc(Cc2ccc(-n3cnc(C)c3)c(C)c2)c(=O)n([C@H](C)c2ccc(F)cc2)c1. The number of halogens is 1. The summed E-state index contributed by atoms with van der Waals surface area (Å²) in [5.74, 6) is -0.875. The van der Waals surface area contributed by atoms with Gasteiger partial charge in [0.1, 0.15) is 5.82 Å². The van der Waals surface area contributed by atoms with Crippen LogP contribution in [0, 0.1) is 19.7 Å². The zero-order valence-electron chi connectivity index (χ0n) is 19.6. The summed E-state index contributed by atoms with van der Waals surface area (Å²) in [6.07, 6.45) is 5.58. The van der Waals surface area contributed by atoms with Crippen molar-refractivity contribution in [3.63, 3.8) is 0 Å². The van der Waals surface area contributed by atoms with Gasteiger partial charge < -0.3 is 13.9 Å². The summed E-state index contributed by atoms with van der Waals surface area (Å²) in [4.78, 5) is 30.0. The molecule has 0 unspecified atom stereocenters. The Labute approximate surface area is 197 Å². The predicted molar refractivity (Wildman–Crippen MR) is 128 cm³/mol. The van der Waals surface area contributed by atoms with Gasteiger partial charge in [-0.2, -0.15) is 0 Å². The minimum atomic E-state index is -0.525. The highest BCUT2D eigenvalue weighted by atomic mass is 19.1. The summed E-state index contributed by atoms with van der Waals surface area (Å²) in [6.45, 7) is 5.78. The van der Waals surface area contributed by atoms with Crippen LogP contribution < -0.4 is 5.56 Å². The van der Waals surface area contributed by atoms with E-state index in [1.54, 1.807) is 24.5 Å². The quantitative estimate of drug-likeness (QED) is 0.390. The topological polar surface area (TPSA) is 66.1 Å². The molecule has 0 fully saturated rings. The van der Waals surface area contributed by atoms with Crippen LogP contribution in [0.5, 0.6) is 0 Å². The molecule has 34 heavy (non-hydrogen) atoms. The molecule has 2 aromatic heterocycles. The van der Waals surface area contributed by atoms with Crippen LogP contribution in [0.25, 0.3) is 5.69 Å². The van der Waals surface area contributed by atoms with Gasteiger partial charge in [-0.3, -0.25) is 4.79 Å². The van der Waals surface area contributed by atoms with Gasteiger partial charge in [0.25, 0.3) is 5.56 Å². The lowest BCUT2D eigenvalue weighted by Gasteiger charge is -2.18. The molecule has 174 valence electrons. The Morgan fingerprint density at radius 2 is 1.82 bits per heavy atom. The lowest BCUT2D eigenvalue weighted by molar-refractivity contribution is 0.0599. The van der Waals surface area contributed by atoms with Crippen molar-refractivity contribution in [2.45, 2.75) is 33.2 Å². The molecule has 7 heteroatoms. The second-order valence-electron chi connectivity index (χ2n) is 8.41. The minimum absolute atomic E-state index is 0.212. The molecule has 0 saturated carbocycles. The van der Waals surface area contributed by atoms with E-state index in [2.05, 4.69) is 4.98 Å². The number of aryl methyl sites for hydroxylation is 2. The third kappa shape index (κ3) is 4.69. The van der Waals surface area contributed by atoms with Gasteiger partial charge in [0.15, 0.2) is 0 Å². The number of imidazole rings is 1. The fourth-order valence-electron chi connectivity index (χ4n) is 4.10. The van der Waals surface area contributed by atoms with Gasteiger partial charge in [-0.05, 0) is 61.7 Å². The monoisotopic (exact) mass is 459 g/mol. The number of benzene rings is 2. The molecule has 4 aromatic rings. The minimum Gasteiger partial charge on any atom is -0.465 e. The van der Waals surface area contributed by atoms with E-state index in [9.17, 15) is 14.0 Å². The van der Waals surface area contributed by atoms with E-state index < -0.39 is 12.0 Å². The van der Waals surface area contributed by atoms with Crippen molar-refractivity contribution in [1.82, 2.24) is 14.1 Å². The van der Waals surface area contributed by atoms with Gasteiger partial charge in [0.05, 0.1) is 30.7 Å². The third-order valence-electron chi connectivity index (χ3n) is 5.95. The van der Waals surface area contributed by atoms with E-state index in [0.717, 1.165) is 28.1 Å². The Bertz CT molecular complexity index is 1400. The third-order valence-corrected chi connectivity index (χ3v) is 5.95. The van der Waals surface area contributed by atoms with Crippen LogP contribution in [0.1, 0.15) is 51.3 Å². The molecule has 0 spiro atoms. The van der Waals surface area contributed by atoms with E-state index in [-0.39, 0.29) is 16.9 Å². The largest absolute Gasteiger partial charge is 0.465 e. The molecule has 0 aliphatic rings. The molecule has 0 aliphatic carbocycles. The number of aromatic nitrogens is 3. The maximum atomic E-state index is 13.4. The lowest BCUT2D eigenvalue weighted by Crippen LogP contribution is -2.28. The standard InChI is InChI=1S/C27H26FN3O3/c1-17-11-20(5-10-25(17)30-14-18(2)29-16-30)12-22-13-23(27(33)34-4)15-31(26(22)32)19(3)21-6-8-24(28)9-7-21/h5-11,13-16,19H,12H2,1-4H3/t19-/m1/s1. The van der Waals surface area contributed by atoms with Gasteiger partial charge in [-0.25, -0.2) is 14.2 Å². The molecule has 4 rings (SSSR count). The fraction of sp³-hybridized carbons (Fsp3) is 0.222. The first kappa shape index (κ1) is 23.2. The fourth-order valence-corrected chi connectivity index (χ4v) is 4.10. The number of nitrogens with zero attached hydrogens (tertiary/aromatic N) is 3. The summed E-state index contributed by atoms with van der Waals surface area (Å²) < 4.78 is 21.8. The molecular weight excluding hydrogens is 433 g/mol. The van der Waals surface area contributed by atoms with E-state index in [1.807, 2.05) is 49.7 Å². The van der Waals surface area contributed by atoms with Gasteiger partial charge in [0.2, 0.25) is 0 Å². The van der Waals surface area contributed by atoms with Crippen LogP contribution in [-0.2, 0) is 11.2 Å². The number of ether oxygens (including phenoxy) is 1. The summed E-state index contributed by atoms with van der Waals surface area (Å²) in [5.41, 5.74) is 5.23. The number of esters is 1. The summed E-state index contributed by atoms with van der Waals surface area (Å²) in [7, 11) is 1.31. The smallest absolute Gasteiger partial charge is 0.339 e. The van der Waals surface area contributed by atoms with Crippen molar-refractivity contribution in [2.75, 3.05) is 7.11 Å². The molecule has 0 amide bonds. The number of carbonyl (C=O) groups excluding carboxylic acids is 1. The highest BCUT2D eigenvalue weighted by Crippen LogP contribution is 2.21. The zero-order valence-corrected chi connectivity index (χ0v) is 19.6. The van der Waals surface area contributed by atoms with Crippen LogP contribution in [0.2, 0.25) is 0 Å². The Hall–Kier alpha value is -4.00. The highest BCUT2D eigenvalue weighted by Gasteiger charge is 2.18. The van der Waals surface area contributed by atoms with Gasteiger partial charge in [0, 0.05) is 30.1 Å². The zero-order chi connectivity index (χ0) is 24.4. The van der Waals surface area contributed by atoms with Crippen LogP contribution in [0.3, 0.4) is 0 Å². The number of methoxy groups -OCH3 is 1. The van der Waals surface area contributed by atoms with Crippen molar-refractivity contribution in [3.05, 3.63) is 117 Å². The summed E-state index contributed by atoms with van der Waals surface area (Å²) in [6, 6.07) is 13.2. The molecule has 0 saturated heterocycles. The molecule has 1 atom stereocenters. The van der Waals surface area contributed by atoms with E-state index in [4.69, 9.17) is 4.74 Å². The van der Waals surface area contributed by atoms with Crippen LogP contribution in [0.15, 0.2) is 72.0 Å². The first-order valence-corrected chi connectivity index (χ1v) is 11.0. The van der Waals surface area contributed by atoms with Crippen LogP contribution >= 0.6 is 0 Å². The second-order valence-corrected chi connectivity index (χ2v) is 8.41. The Balaban J connectivity index is 1.73. The van der Waals surface area contributed by atoms with E-state index >= 15 is 0 Å². The van der Waals surface area contributed by atoms with Crippen molar-refractivity contribution in [2.24, 2.45) is 0 Å². The van der Waals surface area contributed by atoms with Crippen molar-refractivity contribution in [3.8, 4) is 5.69 Å². The van der Waals surface area contributed by atoms with Crippen molar-refractivity contribution < 1.29 is 13.9 Å². The Kier molecular flexibility index (Phi) is 6.45.